The second-order valence-electron chi connectivity index (χ2n) is 3.33. The largest absolute Gasteiger partial charge is 0.508 e. The van der Waals surface area contributed by atoms with Crippen molar-refractivity contribution in [2.75, 3.05) is 0 Å². The molecule has 5 nitrogen and oxygen atoms in total. The third-order valence-corrected chi connectivity index (χ3v) is 2.17. The van der Waals surface area contributed by atoms with Crippen molar-refractivity contribution in [1.29, 1.82) is 0 Å². The Labute approximate surface area is 89.6 Å². The minimum absolute atomic E-state index is 0.127. The van der Waals surface area contributed by atoms with E-state index in [2.05, 4.69) is 0 Å². The number of benzene rings is 1. The molecule has 0 bridgehead atoms. The number of phenolic OH excluding ortho intramolecular Hbond substituents is 1. The van der Waals surface area contributed by atoms with Crippen molar-refractivity contribution in [1.82, 2.24) is 0 Å². The summed E-state index contributed by atoms with van der Waals surface area (Å²) < 4.78 is 5.04. The Hall–Kier alpha value is -2.30. The minimum Gasteiger partial charge on any atom is -0.508 e. The van der Waals surface area contributed by atoms with Crippen molar-refractivity contribution in [2.24, 2.45) is 0 Å². The maximum absolute atomic E-state index is 11.6. The van der Waals surface area contributed by atoms with Crippen LogP contribution in [0.2, 0.25) is 0 Å². The number of carboxylic acids is 1. The first-order valence-corrected chi connectivity index (χ1v) is 4.53. The Morgan fingerprint density at radius 1 is 1.38 bits per heavy atom. The molecule has 0 fully saturated rings. The van der Waals surface area contributed by atoms with Crippen LogP contribution in [0, 0.1) is 0 Å². The van der Waals surface area contributed by atoms with Gasteiger partial charge in [0.25, 0.3) is 0 Å². The van der Waals surface area contributed by atoms with Crippen LogP contribution in [-0.4, -0.2) is 16.2 Å². The van der Waals surface area contributed by atoms with Gasteiger partial charge < -0.3 is 14.6 Å². The fraction of sp³-hybridized carbons (Fsp3) is 0.0909. The summed E-state index contributed by atoms with van der Waals surface area (Å²) in [5, 5.41) is 18.3. The summed E-state index contributed by atoms with van der Waals surface area (Å²) >= 11 is 0. The van der Waals surface area contributed by atoms with Gasteiger partial charge in [0.15, 0.2) is 5.43 Å². The van der Waals surface area contributed by atoms with Gasteiger partial charge in [-0.25, -0.2) is 0 Å². The van der Waals surface area contributed by atoms with Crippen LogP contribution in [0.15, 0.2) is 33.7 Å². The van der Waals surface area contributed by atoms with E-state index in [1.165, 1.54) is 24.5 Å². The maximum atomic E-state index is 11.6. The molecule has 0 amide bonds. The van der Waals surface area contributed by atoms with Gasteiger partial charge in [-0.1, -0.05) is 0 Å². The quantitative estimate of drug-likeness (QED) is 0.791. The Bertz CT molecular complexity index is 611. The number of aromatic hydroxyl groups is 1. The Morgan fingerprint density at radius 3 is 2.81 bits per heavy atom. The van der Waals surface area contributed by atoms with Crippen molar-refractivity contribution >= 4 is 16.9 Å². The summed E-state index contributed by atoms with van der Waals surface area (Å²) in [6.45, 7) is 0. The van der Waals surface area contributed by atoms with Crippen LogP contribution in [0.25, 0.3) is 11.0 Å². The van der Waals surface area contributed by atoms with Gasteiger partial charge in [0.2, 0.25) is 0 Å². The molecule has 1 heterocycles. The van der Waals surface area contributed by atoms with Gasteiger partial charge in [-0.2, -0.15) is 0 Å². The van der Waals surface area contributed by atoms with E-state index in [-0.39, 0.29) is 34.1 Å². The van der Waals surface area contributed by atoms with Gasteiger partial charge >= 0.3 is 5.97 Å². The number of carbonyl (C=O) groups is 1. The third kappa shape index (κ3) is 1.75. The second kappa shape index (κ2) is 3.69. The van der Waals surface area contributed by atoms with Gasteiger partial charge in [0.05, 0.1) is 18.1 Å². The molecule has 1 aromatic carbocycles. The molecule has 1 aromatic heterocycles. The first-order chi connectivity index (χ1) is 7.58. The summed E-state index contributed by atoms with van der Waals surface area (Å²) in [6.07, 6.45) is 0.869. The zero-order chi connectivity index (χ0) is 11.7. The van der Waals surface area contributed by atoms with E-state index in [1.807, 2.05) is 0 Å². The predicted octanol–water partition coefficient (Wildman–Crippen LogP) is 1.13. The normalized spacial score (nSPS) is 10.5. The SMILES string of the molecule is O=C(O)Cc1cc(O)cc2occc(=O)c12. The molecule has 0 unspecified atom stereocenters. The third-order valence-electron chi connectivity index (χ3n) is 2.17. The van der Waals surface area contributed by atoms with E-state index in [9.17, 15) is 14.7 Å². The molecule has 82 valence electrons. The van der Waals surface area contributed by atoms with Gasteiger partial charge in [-0.05, 0) is 11.6 Å². The number of fused-ring (bicyclic) bond motifs is 1. The smallest absolute Gasteiger partial charge is 0.307 e. The van der Waals surface area contributed by atoms with Crippen LogP contribution in [0.5, 0.6) is 5.75 Å². The molecule has 0 saturated carbocycles. The highest BCUT2D eigenvalue weighted by Crippen LogP contribution is 2.22. The molecular weight excluding hydrogens is 212 g/mol. The van der Waals surface area contributed by atoms with Crippen molar-refractivity contribution in [3.8, 4) is 5.75 Å². The molecule has 0 radical (unpaired) electrons. The highest BCUT2D eigenvalue weighted by Gasteiger charge is 2.11. The average molecular weight is 220 g/mol. The first kappa shape index (κ1) is 10.2. The summed E-state index contributed by atoms with van der Waals surface area (Å²) in [5.74, 6) is -1.20. The Balaban J connectivity index is 2.80. The molecule has 2 aromatic rings. The van der Waals surface area contributed by atoms with Crippen molar-refractivity contribution in [2.45, 2.75) is 6.42 Å². The van der Waals surface area contributed by atoms with Crippen LogP contribution in [0.4, 0.5) is 0 Å². The lowest BCUT2D eigenvalue weighted by Gasteiger charge is -2.03. The highest BCUT2D eigenvalue weighted by molar-refractivity contribution is 5.85. The van der Waals surface area contributed by atoms with Gasteiger partial charge in [0.1, 0.15) is 11.3 Å². The van der Waals surface area contributed by atoms with Crippen LogP contribution in [0.3, 0.4) is 0 Å². The van der Waals surface area contributed by atoms with E-state index >= 15 is 0 Å². The molecule has 2 rings (SSSR count). The lowest BCUT2D eigenvalue weighted by molar-refractivity contribution is -0.136. The number of phenols is 1. The standard InChI is InChI=1S/C11H8O5/c12-7-3-6(4-10(14)15)11-8(13)1-2-16-9(11)5-7/h1-3,5,12H,4H2,(H,14,15). The molecular formula is C11H8O5. The van der Waals surface area contributed by atoms with Crippen LogP contribution < -0.4 is 5.43 Å². The molecule has 0 aliphatic rings. The zero-order valence-electron chi connectivity index (χ0n) is 8.14. The van der Waals surface area contributed by atoms with Crippen LogP contribution in [0.1, 0.15) is 5.56 Å². The second-order valence-corrected chi connectivity index (χ2v) is 3.33. The highest BCUT2D eigenvalue weighted by atomic mass is 16.4. The van der Waals surface area contributed by atoms with E-state index in [0.29, 0.717) is 0 Å². The summed E-state index contributed by atoms with van der Waals surface area (Å²) in [6, 6.07) is 3.75. The van der Waals surface area contributed by atoms with Gasteiger partial charge in [-0.3, -0.25) is 9.59 Å². The summed E-state index contributed by atoms with van der Waals surface area (Å²) in [5.41, 5.74) is 0.109. The maximum Gasteiger partial charge on any atom is 0.307 e. The molecule has 2 N–H and O–H groups in total. The number of hydrogen-bond donors (Lipinski definition) is 2. The summed E-state index contributed by atoms with van der Waals surface area (Å²) in [4.78, 5) is 22.2. The van der Waals surface area contributed by atoms with E-state index in [1.54, 1.807) is 0 Å². The average Bonchev–Trinajstić information content (AvgIpc) is 2.15. The van der Waals surface area contributed by atoms with Gasteiger partial charge in [-0.15, -0.1) is 0 Å². The van der Waals surface area contributed by atoms with Crippen LogP contribution in [-0.2, 0) is 11.2 Å². The van der Waals surface area contributed by atoms with Crippen molar-refractivity contribution < 1.29 is 19.4 Å². The van der Waals surface area contributed by atoms with E-state index < -0.39 is 5.97 Å². The molecule has 0 saturated heterocycles. The molecule has 5 heteroatoms. The zero-order valence-corrected chi connectivity index (χ0v) is 8.14. The molecule has 0 aliphatic heterocycles. The summed E-state index contributed by atoms with van der Waals surface area (Å²) in [7, 11) is 0. The van der Waals surface area contributed by atoms with E-state index in [0.717, 1.165) is 0 Å². The predicted molar refractivity (Wildman–Crippen MR) is 55.5 cm³/mol. The Kier molecular flexibility index (Phi) is 2.36. The number of carboxylic acid groups (broad SMARTS) is 1. The minimum atomic E-state index is -1.07. The monoisotopic (exact) mass is 220 g/mol. The first-order valence-electron chi connectivity index (χ1n) is 4.53. The van der Waals surface area contributed by atoms with Crippen LogP contribution >= 0.6 is 0 Å². The fourth-order valence-corrected chi connectivity index (χ4v) is 1.58. The number of hydrogen-bond acceptors (Lipinski definition) is 4. The van der Waals surface area contributed by atoms with Crippen molar-refractivity contribution in [3.05, 3.63) is 40.2 Å². The molecule has 0 aliphatic carbocycles. The topological polar surface area (TPSA) is 87.7 Å². The van der Waals surface area contributed by atoms with Gasteiger partial charge in [0, 0.05) is 12.1 Å². The number of aliphatic carboxylic acids is 1. The van der Waals surface area contributed by atoms with E-state index in [4.69, 9.17) is 9.52 Å². The molecule has 0 spiro atoms. The number of rotatable bonds is 2. The molecule has 16 heavy (non-hydrogen) atoms. The lowest BCUT2D eigenvalue weighted by Crippen LogP contribution is -2.06. The fourth-order valence-electron chi connectivity index (χ4n) is 1.58. The Morgan fingerprint density at radius 2 is 2.12 bits per heavy atom. The molecule has 0 atom stereocenters. The van der Waals surface area contributed by atoms with Crippen molar-refractivity contribution in [3.63, 3.8) is 0 Å². The lowest BCUT2D eigenvalue weighted by atomic mass is 10.1.